The molecule has 0 aromatic carbocycles. The van der Waals surface area contributed by atoms with Gasteiger partial charge in [-0.1, -0.05) is 0 Å². The van der Waals surface area contributed by atoms with Crippen molar-refractivity contribution in [2.45, 2.75) is 18.9 Å². The van der Waals surface area contributed by atoms with Gasteiger partial charge in [0, 0.05) is 12.8 Å². The summed E-state index contributed by atoms with van der Waals surface area (Å²) < 4.78 is 10.3. The second-order valence-corrected chi connectivity index (χ2v) is 3.59. The zero-order valence-electron chi connectivity index (χ0n) is 7.41. The first-order chi connectivity index (χ1) is 6.75. The number of hydrogen-bond acceptors (Lipinski definition) is 4. The van der Waals surface area contributed by atoms with E-state index >= 15 is 0 Å². The molecule has 14 heavy (non-hydrogen) atoms. The Morgan fingerprint density at radius 1 is 1.36 bits per heavy atom. The molecule has 4 nitrogen and oxygen atoms in total. The highest BCUT2D eigenvalue weighted by Gasteiger charge is 2.42. The fourth-order valence-corrected chi connectivity index (χ4v) is 2.04. The van der Waals surface area contributed by atoms with Crippen LogP contribution in [0.4, 0.5) is 0 Å². The van der Waals surface area contributed by atoms with Gasteiger partial charge in [0.2, 0.25) is 0 Å². The number of rotatable bonds is 0. The Labute approximate surface area is 80.2 Å². The first-order valence-electron chi connectivity index (χ1n) is 4.57. The second-order valence-electron chi connectivity index (χ2n) is 3.59. The molecule has 0 aromatic heterocycles. The van der Waals surface area contributed by atoms with Crippen molar-refractivity contribution in [1.82, 2.24) is 0 Å². The minimum Gasteiger partial charge on any atom is -0.493 e. The maximum Gasteiger partial charge on any atom is 0.380 e. The van der Waals surface area contributed by atoms with E-state index in [-0.39, 0.29) is 6.10 Å². The lowest BCUT2D eigenvalue weighted by atomic mass is 9.93. The number of Topliss-reactive ketones (excluding diaryl/α,β-unsaturated/α-hetero) is 1. The second kappa shape index (κ2) is 2.47. The van der Waals surface area contributed by atoms with Crippen molar-refractivity contribution in [3.63, 3.8) is 0 Å². The van der Waals surface area contributed by atoms with E-state index in [1.165, 1.54) is 0 Å². The van der Waals surface area contributed by atoms with Gasteiger partial charge in [0.05, 0.1) is 12.2 Å². The topological polar surface area (TPSA) is 52.6 Å². The smallest absolute Gasteiger partial charge is 0.380 e. The summed E-state index contributed by atoms with van der Waals surface area (Å²) >= 11 is 0. The van der Waals surface area contributed by atoms with Crippen molar-refractivity contribution in [1.29, 1.82) is 0 Å². The van der Waals surface area contributed by atoms with Crippen molar-refractivity contribution >= 4 is 11.8 Å². The van der Waals surface area contributed by atoms with Gasteiger partial charge in [-0.05, 0) is 11.6 Å². The Kier molecular flexibility index (Phi) is 1.37. The van der Waals surface area contributed by atoms with Gasteiger partial charge in [-0.15, -0.1) is 0 Å². The molecule has 0 N–H and O–H groups in total. The summed E-state index contributed by atoms with van der Waals surface area (Å²) in [6.45, 7) is 0.670. The summed E-state index contributed by atoms with van der Waals surface area (Å²) in [6.07, 6.45) is 2.81. The lowest BCUT2D eigenvalue weighted by Gasteiger charge is -2.15. The molecule has 2 aliphatic heterocycles. The molecule has 0 radical (unpaired) electrons. The third-order valence-corrected chi connectivity index (χ3v) is 2.77. The van der Waals surface area contributed by atoms with Crippen LogP contribution in [0.25, 0.3) is 0 Å². The van der Waals surface area contributed by atoms with Crippen molar-refractivity contribution in [2.75, 3.05) is 6.61 Å². The Balaban J connectivity index is 2.03. The molecule has 0 spiro atoms. The maximum absolute atomic E-state index is 11.3. The van der Waals surface area contributed by atoms with Crippen LogP contribution in [0.3, 0.4) is 0 Å². The number of carbonyl (C=O) groups is 2. The number of hydrogen-bond donors (Lipinski definition) is 0. The summed E-state index contributed by atoms with van der Waals surface area (Å²) in [5.74, 6) is -0.484. The molecular weight excluding hydrogens is 184 g/mol. The van der Waals surface area contributed by atoms with Crippen LogP contribution < -0.4 is 0 Å². The molecule has 72 valence electrons. The molecule has 0 saturated carbocycles. The monoisotopic (exact) mass is 192 g/mol. The average Bonchev–Trinajstić information content (AvgIpc) is 2.70. The van der Waals surface area contributed by atoms with Crippen molar-refractivity contribution in [3.8, 4) is 0 Å². The van der Waals surface area contributed by atoms with Crippen LogP contribution >= 0.6 is 0 Å². The third-order valence-electron chi connectivity index (χ3n) is 2.77. The van der Waals surface area contributed by atoms with Gasteiger partial charge in [-0.3, -0.25) is 4.79 Å². The van der Waals surface area contributed by atoms with Crippen molar-refractivity contribution < 1.29 is 19.1 Å². The Morgan fingerprint density at radius 3 is 3.07 bits per heavy atom. The summed E-state index contributed by atoms with van der Waals surface area (Å²) in [6, 6.07) is 0. The van der Waals surface area contributed by atoms with E-state index in [0.717, 1.165) is 17.8 Å². The van der Waals surface area contributed by atoms with E-state index in [9.17, 15) is 9.59 Å². The fourth-order valence-electron chi connectivity index (χ4n) is 2.04. The normalized spacial score (nSPS) is 29.4. The molecule has 1 fully saturated rings. The summed E-state index contributed by atoms with van der Waals surface area (Å²) in [5.41, 5.74) is 1.61. The summed E-state index contributed by atoms with van der Waals surface area (Å²) in [7, 11) is 0. The molecule has 1 aliphatic carbocycles. The minimum absolute atomic E-state index is 0.351. The van der Waals surface area contributed by atoms with E-state index in [1.54, 1.807) is 6.08 Å². The lowest BCUT2D eigenvalue weighted by Crippen LogP contribution is -2.14. The van der Waals surface area contributed by atoms with E-state index in [4.69, 9.17) is 9.47 Å². The van der Waals surface area contributed by atoms with Crippen LogP contribution in [0, 0.1) is 0 Å². The number of ketones is 1. The van der Waals surface area contributed by atoms with Crippen LogP contribution in [0.2, 0.25) is 0 Å². The van der Waals surface area contributed by atoms with Crippen LogP contribution in [0.5, 0.6) is 0 Å². The Hall–Kier alpha value is -1.58. The van der Waals surface area contributed by atoms with Crippen LogP contribution in [-0.2, 0) is 19.1 Å². The molecule has 2 heterocycles. The standard InChI is InChI=1S/C10H8O4/c11-9-6-4-7-5(1-2-13-7)3-8(6)14-10(9)12/h4,8H,1-3H2. The highest BCUT2D eigenvalue weighted by atomic mass is 16.6. The van der Waals surface area contributed by atoms with Gasteiger partial charge < -0.3 is 9.47 Å². The highest BCUT2D eigenvalue weighted by molar-refractivity contribution is 6.43. The molecule has 4 heteroatoms. The van der Waals surface area contributed by atoms with E-state index in [2.05, 4.69) is 0 Å². The van der Waals surface area contributed by atoms with Crippen molar-refractivity contribution in [3.05, 3.63) is 23.0 Å². The van der Waals surface area contributed by atoms with Gasteiger partial charge in [0.25, 0.3) is 5.78 Å². The Morgan fingerprint density at radius 2 is 2.21 bits per heavy atom. The van der Waals surface area contributed by atoms with Gasteiger partial charge in [-0.2, -0.15) is 0 Å². The molecule has 1 atom stereocenters. The Bertz CT molecular complexity index is 402. The molecular formula is C10H8O4. The zero-order valence-corrected chi connectivity index (χ0v) is 7.41. The fraction of sp³-hybridized carbons (Fsp3) is 0.400. The molecule has 0 bridgehead atoms. The van der Waals surface area contributed by atoms with Gasteiger partial charge in [0.1, 0.15) is 11.9 Å². The predicted octanol–water partition coefficient (Wildman–Crippen LogP) is 0.485. The summed E-state index contributed by atoms with van der Waals surface area (Å²) in [4.78, 5) is 22.3. The maximum atomic E-state index is 11.3. The molecule has 0 aromatic rings. The molecule has 1 unspecified atom stereocenters. The molecule has 1 saturated heterocycles. The number of ether oxygens (including phenoxy) is 2. The van der Waals surface area contributed by atoms with E-state index in [0.29, 0.717) is 18.6 Å². The van der Waals surface area contributed by atoms with Gasteiger partial charge in [-0.25, -0.2) is 4.79 Å². The molecule has 0 amide bonds. The zero-order chi connectivity index (χ0) is 9.71. The molecule has 3 aliphatic rings. The van der Waals surface area contributed by atoms with Crippen LogP contribution in [0.15, 0.2) is 23.0 Å². The first kappa shape index (κ1) is 7.79. The van der Waals surface area contributed by atoms with E-state index < -0.39 is 11.8 Å². The van der Waals surface area contributed by atoms with Crippen LogP contribution in [0.1, 0.15) is 12.8 Å². The number of carbonyl (C=O) groups excluding carboxylic acids is 2. The van der Waals surface area contributed by atoms with Gasteiger partial charge in [0.15, 0.2) is 0 Å². The SMILES string of the molecule is O=C1OC2CC3=C(C=C2C1=O)OCC3. The lowest BCUT2D eigenvalue weighted by molar-refractivity contribution is -0.148. The third kappa shape index (κ3) is 0.880. The highest BCUT2D eigenvalue weighted by Crippen LogP contribution is 2.36. The van der Waals surface area contributed by atoms with Crippen molar-refractivity contribution in [2.24, 2.45) is 0 Å². The van der Waals surface area contributed by atoms with Crippen LogP contribution in [-0.4, -0.2) is 24.5 Å². The quantitative estimate of drug-likeness (QED) is 0.414. The predicted molar refractivity (Wildman–Crippen MR) is 45.2 cm³/mol. The number of esters is 1. The largest absolute Gasteiger partial charge is 0.493 e. The number of fused-ring (bicyclic) bond motifs is 1. The van der Waals surface area contributed by atoms with Gasteiger partial charge >= 0.3 is 5.97 Å². The van der Waals surface area contributed by atoms with E-state index in [1.807, 2.05) is 0 Å². The summed E-state index contributed by atoms with van der Waals surface area (Å²) in [5, 5.41) is 0. The first-order valence-corrected chi connectivity index (χ1v) is 4.57. The number of allylic oxidation sites excluding steroid dienone is 1. The minimum atomic E-state index is -0.734. The molecule has 3 rings (SSSR count). The average molecular weight is 192 g/mol.